The number of halogens is 2. The lowest BCUT2D eigenvalue weighted by atomic mass is 10.1. The summed E-state index contributed by atoms with van der Waals surface area (Å²) in [6.07, 6.45) is 0.609. The highest BCUT2D eigenvalue weighted by Gasteiger charge is 2.18. The SMILES string of the molecule is CCC(CN)NC(=O)c1c(F)cccc1F. The predicted molar refractivity (Wildman–Crippen MR) is 57.0 cm³/mol. The summed E-state index contributed by atoms with van der Waals surface area (Å²) in [7, 11) is 0. The first-order valence-electron chi connectivity index (χ1n) is 5.05. The maximum Gasteiger partial charge on any atom is 0.257 e. The van der Waals surface area contributed by atoms with Crippen LogP contribution in [0.4, 0.5) is 8.78 Å². The van der Waals surface area contributed by atoms with E-state index in [0.29, 0.717) is 6.42 Å². The lowest BCUT2D eigenvalue weighted by Crippen LogP contribution is -2.40. The molecule has 0 bridgehead atoms. The molecule has 3 N–H and O–H groups in total. The Hall–Kier alpha value is -1.49. The lowest BCUT2D eigenvalue weighted by molar-refractivity contribution is 0.0928. The van der Waals surface area contributed by atoms with Gasteiger partial charge in [0, 0.05) is 12.6 Å². The Morgan fingerprint density at radius 1 is 1.44 bits per heavy atom. The van der Waals surface area contributed by atoms with Gasteiger partial charge in [0.1, 0.15) is 17.2 Å². The fraction of sp³-hybridized carbons (Fsp3) is 0.364. The summed E-state index contributed by atoms with van der Waals surface area (Å²) in [6, 6.07) is 3.02. The highest BCUT2D eigenvalue weighted by molar-refractivity contribution is 5.94. The molecule has 0 heterocycles. The van der Waals surface area contributed by atoms with Crippen LogP contribution in [0.5, 0.6) is 0 Å². The van der Waals surface area contributed by atoms with Crippen molar-refractivity contribution in [2.24, 2.45) is 5.73 Å². The minimum atomic E-state index is -0.871. The first-order chi connectivity index (χ1) is 7.60. The van der Waals surface area contributed by atoms with Crippen LogP contribution in [0.1, 0.15) is 23.7 Å². The van der Waals surface area contributed by atoms with Gasteiger partial charge in [-0.05, 0) is 18.6 Å². The molecule has 0 fully saturated rings. The molecule has 88 valence electrons. The fourth-order valence-electron chi connectivity index (χ4n) is 1.30. The van der Waals surface area contributed by atoms with Gasteiger partial charge < -0.3 is 11.1 Å². The van der Waals surface area contributed by atoms with Gasteiger partial charge in [0.05, 0.1) is 0 Å². The highest BCUT2D eigenvalue weighted by atomic mass is 19.1. The number of rotatable bonds is 4. The summed E-state index contributed by atoms with van der Waals surface area (Å²) in [5.41, 5.74) is 4.82. The zero-order chi connectivity index (χ0) is 12.1. The molecule has 1 aromatic rings. The molecule has 1 unspecified atom stereocenters. The van der Waals surface area contributed by atoms with Crippen LogP contribution < -0.4 is 11.1 Å². The predicted octanol–water partition coefficient (Wildman–Crippen LogP) is 1.43. The molecule has 1 rings (SSSR count). The third-order valence-electron chi connectivity index (χ3n) is 2.30. The molecule has 5 heteroatoms. The van der Waals surface area contributed by atoms with Crippen LogP contribution in [0.3, 0.4) is 0 Å². The number of nitrogens with one attached hydrogen (secondary N) is 1. The van der Waals surface area contributed by atoms with Gasteiger partial charge in [-0.1, -0.05) is 13.0 Å². The minimum absolute atomic E-state index is 0.234. The molecule has 0 aliphatic rings. The topological polar surface area (TPSA) is 55.1 Å². The smallest absolute Gasteiger partial charge is 0.257 e. The van der Waals surface area contributed by atoms with Crippen molar-refractivity contribution in [2.75, 3.05) is 6.54 Å². The van der Waals surface area contributed by atoms with E-state index in [1.165, 1.54) is 6.07 Å². The fourth-order valence-corrected chi connectivity index (χ4v) is 1.30. The molecule has 1 atom stereocenters. The number of hydrogen-bond acceptors (Lipinski definition) is 2. The van der Waals surface area contributed by atoms with Gasteiger partial charge in [0.15, 0.2) is 0 Å². The van der Waals surface area contributed by atoms with Gasteiger partial charge in [-0.3, -0.25) is 4.79 Å². The Morgan fingerprint density at radius 2 is 2.00 bits per heavy atom. The van der Waals surface area contributed by atoms with Crippen LogP contribution in [0.15, 0.2) is 18.2 Å². The zero-order valence-corrected chi connectivity index (χ0v) is 8.97. The monoisotopic (exact) mass is 228 g/mol. The van der Waals surface area contributed by atoms with Crippen molar-refractivity contribution in [3.63, 3.8) is 0 Å². The number of nitrogens with two attached hydrogens (primary N) is 1. The van der Waals surface area contributed by atoms with Gasteiger partial charge in [-0.25, -0.2) is 8.78 Å². The Balaban J connectivity index is 2.88. The van der Waals surface area contributed by atoms with E-state index in [4.69, 9.17) is 5.73 Å². The molecule has 1 aromatic carbocycles. The average molecular weight is 228 g/mol. The molecule has 1 amide bonds. The third-order valence-corrected chi connectivity index (χ3v) is 2.30. The van der Waals surface area contributed by atoms with Crippen molar-refractivity contribution >= 4 is 5.91 Å². The van der Waals surface area contributed by atoms with Crippen molar-refractivity contribution in [3.05, 3.63) is 35.4 Å². The van der Waals surface area contributed by atoms with Gasteiger partial charge in [-0.15, -0.1) is 0 Å². The Kier molecular flexibility index (Phi) is 4.37. The van der Waals surface area contributed by atoms with E-state index < -0.39 is 23.1 Å². The van der Waals surface area contributed by atoms with E-state index in [1.54, 1.807) is 0 Å². The molecule has 0 aromatic heterocycles. The molecule has 0 aliphatic carbocycles. The van der Waals surface area contributed by atoms with Crippen molar-refractivity contribution in [1.82, 2.24) is 5.32 Å². The molecule has 3 nitrogen and oxygen atoms in total. The van der Waals surface area contributed by atoms with Crippen molar-refractivity contribution in [3.8, 4) is 0 Å². The first kappa shape index (κ1) is 12.6. The van der Waals surface area contributed by atoms with Crippen LogP contribution in [0, 0.1) is 11.6 Å². The summed E-state index contributed by atoms with van der Waals surface area (Å²) in [5.74, 6) is -2.51. The standard InChI is InChI=1S/C11H14F2N2O/c1-2-7(6-14)15-11(16)10-8(12)4-3-5-9(10)13/h3-5,7H,2,6,14H2,1H3,(H,15,16). The van der Waals surface area contributed by atoms with E-state index >= 15 is 0 Å². The summed E-state index contributed by atoms with van der Waals surface area (Å²) >= 11 is 0. The summed E-state index contributed by atoms with van der Waals surface area (Å²) in [5, 5.41) is 2.47. The van der Waals surface area contributed by atoms with Crippen LogP contribution >= 0.6 is 0 Å². The number of hydrogen-bond donors (Lipinski definition) is 2. The second-order valence-electron chi connectivity index (χ2n) is 3.41. The van der Waals surface area contributed by atoms with E-state index in [2.05, 4.69) is 5.32 Å². The van der Waals surface area contributed by atoms with Crippen LogP contribution in [-0.4, -0.2) is 18.5 Å². The molecule has 0 spiro atoms. The number of amides is 1. The van der Waals surface area contributed by atoms with Crippen molar-refractivity contribution in [2.45, 2.75) is 19.4 Å². The first-order valence-corrected chi connectivity index (χ1v) is 5.05. The molecular formula is C11H14F2N2O. The summed E-state index contributed by atoms with van der Waals surface area (Å²) in [4.78, 5) is 11.6. The Bertz CT molecular complexity index is 358. The van der Waals surface area contributed by atoms with Gasteiger partial charge in [-0.2, -0.15) is 0 Å². The molecule has 0 aliphatic heterocycles. The number of benzene rings is 1. The summed E-state index contributed by atoms with van der Waals surface area (Å²) < 4.78 is 26.5. The second-order valence-corrected chi connectivity index (χ2v) is 3.41. The van der Waals surface area contributed by atoms with Crippen molar-refractivity contribution < 1.29 is 13.6 Å². The maximum atomic E-state index is 13.2. The normalized spacial score (nSPS) is 12.2. The molecule has 0 radical (unpaired) electrons. The van der Waals surface area contributed by atoms with Crippen LogP contribution in [0.2, 0.25) is 0 Å². The summed E-state index contributed by atoms with van der Waals surface area (Å²) in [6.45, 7) is 2.06. The average Bonchev–Trinajstić information content (AvgIpc) is 2.25. The molecule has 0 saturated heterocycles. The maximum absolute atomic E-state index is 13.2. The molecule has 16 heavy (non-hydrogen) atoms. The Morgan fingerprint density at radius 3 is 2.44 bits per heavy atom. The van der Waals surface area contributed by atoms with E-state index in [9.17, 15) is 13.6 Å². The number of carbonyl (C=O) groups excluding carboxylic acids is 1. The lowest BCUT2D eigenvalue weighted by Gasteiger charge is -2.15. The molecule has 0 saturated carbocycles. The van der Waals surface area contributed by atoms with Crippen LogP contribution in [-0.2, 0) is 0 Å². The van der Waals surface area contributed by atoms with Crippen molar-refractivity contribution in [1.29, 1.82) is 0 Å². The Labute approximate surface area is 92.6 Å². The zero-order valence-electron chi connectivity index (χ0n) is 8.97. The highest BCUT2D eigenvalue weighted by Crippen LogP contribution is 2.12. The largest absolute Gasteiger partial charge is 0.348 e. The van der Waals surface area contributed by atoms with E-state index in [0.717, 1.165) is 12.1 Å². The third kappa shape index (κ3) is 2.76. The minimum Gasteiger partial charge on any atom is -0.348 e. The number of carbonyl (C=O) groups is 1. The van der Waals surface area contributed by atoms with E-state index in [-0.39, 0.29) is 12.6 Å². The quantitative estimate of drug-likeness (QED) is 0.819. The van der Waals surface area contributed by atoms with Gasteiger partial charge >= 0.3 is 0 Å². The molecular weight excluding hydrogens is 214 g/mol. The second kappa shape index (κ2) is 5.55. The van der Waals surface area contributed by atoms with Gasteiger partial charge in [0.2, 0.25) is 0 Å². The van der Waals surface area contributed by atoms with Crippen LogP contribution in [0.25, 0.3) is 0 Å². The van der Waals surface area contributed by atoms with Gasteiger partial charge in [0.25, 0.3) is 5.91 Å². The van der Waals surface area contributed by atoms with E-state index in [1.807, 2.05) is 6.92 Å².